The highest BCUT2D eigenvalue weighted by atomic mass is 16.3. The summed E-state index contributed by atoms with van der Waals surface area (Å²) in [7, 11) is 0. The molecule has 1 aromatic carbocycles. The Hall–Kier alpha value is -3.67. The summed E-state index contributed by atoms with van der Waals surface area (Å²) in [6.07, 6.45) is 7.65. The molecular weight excluding hydrogens is 318 g/mol. The second-order valence-electron chi connectivity index (χ2n) is 5.11. The highest BCUT2D eigenvalue weighted by molar-refractivity contribution is 6.06. The van der Waals surface area contributed by atoms with E-state index in [0.717, 1.165) is 0 Å². The van der Waals surface area contributed by atoms with Gasteiger partial charge in [-0.1, -0.05) is 6.07 Å². The first-order valence-corrected chi connectivity index (χ1v) is 7.55. The second-order valence-corrected chi connectivity index (χ2v) is 5.11. The van der Waals surface area contributed by atoms with Crippen molar-refractivity contribution in [3.8, 4) is 0 Å². The van der Waals surface area contributed by atoms with Gasteiger partial charge in [0.1, 0.15) is 5.76 Å². The van der Waals surface area contributed by atoms with Crippen molar-refractivity contribution in [2.24, 2.45) is 0 Å². The van der Waals surface area contributed by atoms with E-state index in [9.17, 15) is 9.59 Å². The summed E-state index contributed by atoms with van der Waals surface area (Å²) in [6, 6.07) is 13.6. The van der Waals surface area contributed by atoms with Crippen LogP contribution in [0.4, 0.5) is 11.4 Å². The zero-order valence-electron chi connectivity index (χ0n) is 13.2. The molecular formula is C19H15N3O3. The predicted octanol–water partition coefficient (Wildman–Crippen LogP) is 3.58. The lowest BCUT2D eigenvalue weighted by atomic mass is 10.2. The van der Waals surface area contributed by atoms with E-state index in [-0.39, 0.29) is 11.8 Å². The normalized spacial score (nSPS) is 10.6. The number of amides is 2. The SMILES string of the molecule is O=C(/C=C/c1ccco1)Nc1cccc(C(=O)Nc2ccncc2)c1. The Labute approximate surface area is 144 Å². The molecule has 0 atom stereocenters. The van der Waals surface area contributed by atoms with Crippen molar-refractivity contribution in [2.75, 3.05) is 10.6 Å². The van der Waals surface area contributed by atoms with Crippen LogP contribution in [0.2, 0.25) is 0 Å². The van der Waals surface area contributed by atoms with E-state index in [4.69, 9.17) is 4.42 Å². The number of aromatic nitrogens is 1. The molecule has 2 N–H and O–H groups in total. The lowest BCUT2D eigenvalue weighted by Gasteiger charge is -2.07. The Morgan fingerprint density at radius 2 is 1.80 bits per heavy atom. The zero-order valence-corrected chi connectivity index (χ0v) is 13.2. The molecule has 0 spiro atoms. The van der Waals surface area contributed by atoms with Gasteiger partial charge in [-0.2, -0.15) is 0 Å². The smallest absolute Gasteiger partial charge is 0.255 e. The van der Waals surface area contributed by atoms with E-state index in [0.29, 0.717) is 22.7 Å². The number of carbonyl (C=O) groups is 2. The minimum absolute atomic E-state index is 0.270. The molecule has 2 heterocycles. The number of nitrogens with zero attached hydrogens (tertiary/aromatic N) is 1. The maximum atomic E-state index is 12.3. The summed E-state index contributed by atoms with van der Waals surface area (Å²) in [5.74, 6) is -0.00264. The number of anilines is 2. The molecule has 0 aliphatic rings. The fraction of sp³-hybridized carbons (Fsp3) is 0. The average molecular weight is 333 g/mol. The molecule has 0 bridgehead atoms. The lowest BCUT2D eigenvalue weighted by Crippen LogP contribution is -2.13. The third-order valence-corrected chi connectivity index (χ3v) is 3.27. The van der Waals surface area contributed by atoms with Crippen molar-refractivity contribution < 1.29 is 14.0 Å². The van der Waals surface area contributed by atoms with Gasteiger partial charge in [0.15, 0.2) is 0 Å². The van der Waals surface area contributed by atoms with Crippen LogP contribution in [0.3, 0.4) is 0 Å². The lowest BCUT2D eigenvalue weighted by molar-refractivity contribution is -0.111. The third-order valence-electron chi connectivity index (χ3n) is 3.27. The van der Waals surface area contributed by atoms with Gasteiger partial charge in [-0.25, -0.2) is 0 Å². The van der Waals surface area contributed by atoms with E-state index >= 15 is 0 Å². The number of furan rings is 1. The molecule has 0 unspecified atom stereocenters. The van der Waals surface area contributed by atoms with Crippen LogP contribution in [0.25, 0.3) is 6.08 Å². The first-order chi connectivity index (χ1) is 12.2. The van der Waals surface area contributed by atoms with Crippen molar-refractivity contribution in [3.05, 3.63) is 84.6 Å². The molecule has 0 aliphatic carbocycles. The van der Waals surface area contributed by atoms with E-state index in [1.165, 1.54) is 12.3 Å². The number of hydrogen-bond donors (Lipinski definition) is 2. The molecule has 124 valence electrons. The molecule has 6 heteroatoms. The second kappa shape index (κ2) is 7.74. The van der Waals surface area contributed by atoms with Gasteiger partial charge in [0.25, 0.3) is 5.91 Å². The number of pyridine rings is 1. The van der Waals surface area contributed by atoms with Gasteiger partial charge in [0.2, 0.25) is 5.91 Å². The average Bonchev–Trinajstić information content (AvgIpc) is 3.15. The first-order valence-electron chi connectivity index (χ1n) is 7.55. The fourth-order valence-corrected chi connectivity index (χ4v) is 2.10. The standard InChI is InChI=1S/C19H15N3O3/c23-18(7-6-17-5-2-12-25-17)21-16-4-1-3-14(13-16)19(24)22-15-8-10-20-11-9-15/h1-13H,(H,21,23)(H,20,22,24)/b7-6+. The van der Waals surface area contributed by atoms with Crippen LogP contribution < -0.4 is 10.6 Å². The van der Waals surface area contributed by atoms with Crippen LogP contribution in [-0.4, -0.2) is 16.8 Å². The summed E-state index contributed by atoms with van der Waals surface area (Å²) in [4.78, 5) is 28.1. The van der Waals surface area contributed by atoms with Gasteiger partial charge in [-0.15, -0.1) is 0 Å². The molecule has 0 aliphatic heterocycles. The number of carbonyl (C=O) groups excluding carboxylic acids is 2. The molecule has 3 aromatic rings. The molecule has 0 saturated heterocycles. The first kappa shape index (κ1) is 16.2. The fourth-order valence-electron chi connectivity index (χ4n) is 2.10. The summed E-state index contributed by atoms with van der Waals surface area (Å²) in [5.41, 5.74) is 1.61. The highest BCUT2D eigenvalue weighted by Crippen LogP contribution is 2.13. The van der Waals surface area contributed by atoms with E-state index in [1.807, 2.05) is 0 Å². The van der Waals surface area contributed by atoms with Crippen molar-refractivity contribution in [2.45, 2.75) is 0 Å². The largest absolute Gasteiger partial charge is 0.465 e. The van der Waals surface area contributed by atoms with Crippen LogP contribution >= 0.6 is 0 Å². The van der Waals surface area contributed by atoms with Crippen LogP contribution in [-0.2, 0) is 4.79 Å². The Balaban J connectivity index is 1.64. The van der Waals surface area contributed by atoms with Crippen LogP contribution in [0, 0.1) is 0 Å². The van der Waals surface area contributed by atoms with Crippen molar-refractivity contribution in [1.82, 2.24) is 4.98 Å². The zero-order chi connectivity index (χ0) is 17.5. The van der Waals surface area contributed by atoms with Gasteiger partial charge in [-0.05, 0) is 48.5 Å². The summed E-state index contributed by atoms with van der Waals surface area (Å²) < 4.78 is 5.12. The topological polar surface area (TPSA) is 84.2 Å². The molecule has 2 aromatic heterocycles. The third kappa shape index (κ3) is 4.65. The summed E-state index contributed by atoms with van der Waals surface area (Å²) >= 11 is 0. The molecule has 0 fully saturated rings. The molecule has 25 heavy (non-hydrogen) atoms. The van der Waals surface area contributed by atoms with Crippen LogP contribution in [0.15, 0.2) is 77.7 Å². The van der Waals surface area contributed by atoms with Gasteiger partial charge >= 0.3 is 0 Å². The van der Waals surface area contributed by atoms with Crippen molar-refractivity contribution in [3.63, 3.8) is 0 Å². The van der Waals surface area contributed by atoms with Crippen molar-refractivity contribution >= 4 is 29.3 Å². The molecule has 2 amide bonds. The highest BCUT2D eigenvalue weighted by Gasteiger charge is 2.07. The predicted molar refractivity (Wildman–Crippen MR) is 95.0 cm³/mol. The van der Waals surface area contributed by atoms with Gasteiger partial charge in [0.05, 0.1) is 6.26 Å². The molecule has 6 nitrogen and oxygen atoms in total. The number of nitrogens with one attached hydrogen (secondary N) is 2. The molecule has 3 rings (SSSR count). The Morgan fingerprint density at radius 1 is 0.960 bits per heavy atom. The van der Waals surface area contributed by atoms with E-state index in [1.54, 1.807) is 67.0 Å². The molecule has 0 radical (unpaired) electrons. The van der Waals surface area contributed by atoms with Gasteiger partial charge < -0.3 is 15.1 Å². The summed E-state index contributed by atoms with van der Waals surface area (Å²) in [5, 5.41) is 5.47. The van der Waals surface area contributed by atoms with E-state index in [2.05, 4.69) is 15.6 Å². The maximum Gasteiger partial charge on any atom is 0.255 e. The van der Waals surface area contributed by atoms with Gasteiger partial charge in [-0.3, -0.25) is 14.6 Å². The van der Waals surface area contributed by atoms with Crippen molar-refractivity contribution in [1.29, 1.82) is 0 Å². The Kier molecular flexibility index (Phi) is 5.01. The number of rotatable bonds is 5. The minimum atomic E-state index is -0.317. The van der Waals surface area contributed by atoms with E-state index < -0.39 is 0 Å². The Morgan fingerprint density at radius 3 is 2.56 bits per heavy atom. The van der Waals surface area contributed by atoms with Crippen LogP contribution in [0.5, 0.6) is 0 Å². The Bertz CT molecular complexity index is 887. The van der Waals surface area contributed by atoms with Gasteiger partial charge in [0, 0.05) is 35.4 Å². The molecule has 0 saturated carbocycles. The minimum Gasteiger partial charge on any atom is -0.465 e. The quantitative estimate of drug-likeness (QED) is 0.699. The monoisotopic (exact) mass is 333 g/mol. The maximum absolute atomic E-state index is 12.3. The number of benzene rings is 1. The number of hydrogen-bond acceptors (Lipinski definition) is 4. The summed E-state index contributed by atoms with van der Waals surface area (Å²) in [6.45, 7) is 0. The van der Waals surface area contributed by atoms with Crippen LogP contribution in [0.1, 0.15) is 16.1 Å².